The number of nitrogens with zero attached hydrogens (tertiary/aromatic N) is 3. The minimum atomic E-state index is 0.499. The van der Waals surface area contributed by atoms with Crippen molar-refractivity contribution in [2.24, 2.45) is 11.8 Å². The van der Waals surface area contributed by atoms with Crippen molar-refractivity contribution in [3.05, 3.63) is 6.33 Å². The first-order valence-electron chi connectivity index (χ1n) is 7.11. The van der Waals surface area contributed by atoms with Gasteiger partial charge >= 0.3 is 0 Å². The van der Waals surface area contributed by atoms with Crippen LogP contribution >= 0.6 is 0 Å². The summed E-state index contributed by atoms with van der Waals surface area (Å²) in [6.07, 6.45) is 3.93. The molecule has 0 bridgehead atoms. The summed E-state index contributed by atoms with van der Waals surface area (Å²) in [5.74, 6) is 2.88. The fourth-order valence-corrected chi connectivity index (χ4v) is 2.65. The molecule has 1 aliphatic heterocycles. The smallest absolute Gasteiger partial charge is 0.242 e. The molecule has 5 nitrogen and oxygen atoms in total. The maximum Gasteiger partial charge on any atom is 0.242 e. The van der Waals surface area contributed by atoms with Crippen LogP contribution in [0.3, 0.4) is 0 Å². The maximum atomic E-state index is 6.10. The summed E-state index contributed by atoms with van der Waals surface area (Å²) < 4.78 is 5.42. The number of rotatable bonds is 4. The summed E-state index contributed by atoms with van der Waals surface area (Å²) in [6.45, 7) is 9.11. The Hall–Kier alpha value is -1.52. The van der Waals surface area contributed by atoms with Crippen LogP contribution in [0.4, 0.5) is 11.5 Å². The van der Waals surface area contributed by atoms with Gasteiger partial charge in [-0.25, -0.2) is 4.98 Å². The van der Waals surface area contributed by atoms with Crippen molar-refractivity contribution in [1.82, 2.24) is 9.97 Å². The monoisotopic (exact) mass is 264 g/mol. The van der Waals surface area contributed by atoms with Crippen LogP contribution in [0.1, 0.15) is 33.6 Å². The molecule has 0 spiro atoms. The number of hydrogen-bond donors (Lipinski definition) is 1. The van der Waals surface area contributed by atoms with E-state index in [4.69, 9.17) is 10.5 Å². The highest BCUT2D eigenvalue weighted by molar-refractivity contribution is 5.67. The molecule has 1 aromatic rings. The normalized spacial score (nSPS) is 16.9. The first-order valence-corrected chi connectivity index (χ1v) is 7.11. The number of nitrogen functional groups attached to an aromatic ring is 1. The Labute approximate surface area is 115 Å². The quantitative estimate of drug-likeness (QED) is 0.904. The Morgan fingerprint density at radius 2 is 2.05 bits per heavy atom. The lowest BCUT2D eigenvalue weighted by Crippen LogP contribution is -2.36. The number of piperidine rings is 1. The van der Waals surface area contributed by atoms with Crippen molar-refractivity contribution in [2.45, 2.75) is 33.6 Å². The first kappa shape index (κ1) is 13.9. The van der Waals surface area contributed by atoms with E-state index in [1.54, 1.807) is 0 Å². The molecule has 0 atom stereocenters. The number of hydrogen-bond acceptors (Lipinski definition) is 5. The summed E-state index contributed by atoms with van der Waals surface area (Å²) in [7, 11) is 0. The molecular formula is C14H24N4O. The van der Waals surface area contributed by atoms with Gasteiger partial charge in [-0.3, -0.25) is 0 Å². The second kappa shape index (κ2) is 6.08. The molecule has 1 saturated heterocycles. The predicted molar refractivity (Wildman–Crippen MR) is 77.4 cm³/mol. The largest absolute Gasteiger partial charge is 0.476 e. The molecule has 2 N–H and O–H groups in total. The molecule has 0 saturated carbocycles. The van der Waals surface area contributed by atoms with Gasteiger partial charge in [0.15, 0.2) is 5.82 Å². The minimum absolute atomic E-state index is 0.499. The van der Waals surface area contributed by atoms with Gasteiger partial charge in [0.05, 0.1) is 6.61 Å². The van der Waals surface area contributed by atoms with E-state index >= 15 is 0 Å². The molecule has 2 heterocycles. The molecule has 1 aromatic heterocycles. The topological polar surface area (TPSA) is 64.3 Å². The van der Waals surface area contributed by atoms with Crippen molar-refractivity contribution in [2.75, 3.05) is 30.3 Å². The van der Waals surface area contributed by atoms with Crippen LogP contribution in [-0.4, -0.2) is 29.7 Å². The molecule has 0 unspecified atom stereocenters. The molecular weight excluding hydrogens is 240 g/mol. The van der Waals surface area contributed by atoms with E-state index in [0.717, 1.165) is 30.7 Å². The van der Waals surface area contributed by atoms with Crippen molar-refractivity contribution < 1.29 is 4.74 Å². The molecule has 0 radical (unpaired) electrons. The molecule has 19 heavy (non-hydrogen) atoms. The lowest BCUT2D eigenvalue weighted by molar-refractivity contribution is 0.309. The highest BCUT2D eigenvalue weighted by atomic mass is 16.5. The third-order valence-electron chi connectivity index (χ3n) is 3.89. The summed E-state index contributed by atoms with van der Waals surface area (Å²) in [5, 5.41) is 0. The average Bonchev–Trinajstić information content (AvgIpc) is 2.41. The lowest BCUT2D eigenvalue weighted by Gasteiger charge is -2.35. The first-order chi connectivity index (χ1) is 9.13. The van der Waals surface area contributed by atoms with Gasteiger partial charge < -0.3 is 15.4 Å². The van der Waals surface area contributed by atoms with E-state index in [0.29, 0.717) is 18.2 Å². The molecule has 106 valence electrons. The van der Waals surface area contributed by atoms with Crippen LogP contribution in [0.5, 0.6) is 5.88 Å². The van der Waals surface area contributed by atoms with Crippen molar-refractivity contribution in [3.8, 4) is 5.88 Å². The summed E-state index contributed by atoms with van der Waals surface area (Å²) >= 11 is 0. The van der Waals surface area contributed by atoms with Gasteiger partial charge in [0, 0.05) is 13.1 Å². The second-order valence-electron chi connectivity index (χ2n) is 5.42. The van der Waals surface area contributed by atoms with Gasteiger partial charge in [-0.1, -0.05) is 13.8 Å². The van der Waals surface area contributed by atoms with E-state index in [1.165, 1.54) is 19.2 Å². The van der Waals surface area contributed by atoms with Crippen LogP contribution in [0.15, 0.2) is 6.33 Å². The molecule has 1 aliphatic rings. The highest BCUT2D eigenvalue weighted by Gasteiger charge is 2.24. The van der Waals surface area contributed by atoms with Gasteiger partial charge in [0.25, 0.3) is 0 Å². The fourth-order valence-electron chi connectivity index (χ4n) is 2.65. The Morgan fingerprint density at radius 3 is 2.63 bits per heavy atom. The van der Waals surface area contributed by atoms with Crippen molar-refractivity contribution in [1.29, 1.82) is 0 Å². The van der Waals surface area contributed by atoms with E-state index in [2.05, 4.69) is 28.7 Å². The predicted octanol–water partition coefficient (Wildman–Crippen LogP) is 2.33. The average molecular weight is 264 g/mol. The molecule has 0 aliphatic carbocycles. The maximum absolute atomic E-state index is 6.10. The number of ether oxygens (including phenoxy) is 1. The zero-order chi connectivity index (χ0) is 13.8. The van der Waals surface area contributed by atoms with Gasteiger partial charge in [-0.15, -0.1) is 0 Å². The Kier molecular flexibility index (Phi) is 4.45. The van der Waals surface area contributed by atoms with Crippen LogP contribution in [0, 0.1) is 11.8 Å². The van der Waals surface area contributed by atoms with Crippen molar-refractivity contribution in [3.63, 3.8) is 0 Å². The zero-order valence-electron chi connectivity index (χ0n) is 12.1. The summed E-state index contributed by atoms with van der Waals surface area (Å²) in [5.41, 5.74) is 6.67. The third kappa shape index (κ3) is 3.08. The van der Waals surface area contributed by atoms with Gasteiger partial charge in [-0.05, 0) is 31.6 Å². The SMILES string of the molecule is CCOc1ncnc(N2CCC(C(C)C)CC2)c1N. The van der Waals surface area contributed by atoms with Gasteiger partial charge in [-0.2, -0.15) is 4.98 Å². The van der Waals surface area contributed by atoms with Gasteiger partial charge in [0.1, 0.15) is 12.0 Å². The Balaban J connectivity index is 2.09. The standard InChI is InChI=1S/C14H24N4O/c1-4-19-14-12(15)13(16-9-17-14)18-7-5-11(6-8-18)10(2)3/h9-11H,4-8,15H2,1-3H3. The number of anilines is 2. The molecule has 2 rings (SSSR count). The molecule has 0 amide bonds. The van der Waals surface area contributed by atoms with Crippen LogP contribution in [0.2, 0.25) is 0 Å². The summed E-state index contributed by atoms with van der Waals surface area (Å²) in [6, 6.07) is 0. The highest BCUT2D eigenvalue weighted by Crippen LogP contribution is 2.32. The van der Waals surface area contributed by atoms with Crippen molar-refractivity contribution >= 4 is 11.5 Å². The Bertz CT molecular complexity index is 414. The minimum Gasteiger partial charge on any atom is -0.476 e. The zero-order valence-corrected chi connectivity index (χ0v) is 12.1. The van der Waals surface area contributed by atoms with E-state index < -0.39 is 0 Å². The van der Waals surface area contributed by atoms with E-state index in [-0.39, 0.29) is 0 Å². The summed E-state index contributed by atoms with van der Waals surface area (Å²) in [4.78, 5) is 10.7. The van der Waals surface area contributed by atoms with E-state index in [9.17, 15) is 0 Å². The molecule has 1 fully saturated rings. The fraction of sp³-hybridized carbons (Fsp3) is 0.714. The van der Waals surface area contributed by atoms with Crippen LogP contribution in [-0.2, 0) is 0 Å². The second-order valence-corrected chi connectivity index (χ2v) is 5.42. The molecule has 0 aromatic carbocycles. The number of nitrogens with two attached hydrogens (primary N) is 1. The van der Waals surface area contributed by atoms with E-state index in [1.807, 2.05) is 6.92 Å². The lowest BCUT2D eigenvalue weighted by atomic mass is 9.87. The molecule has 5 heteroatoms. The van der Waals surface area contributed by atoms with Gasteiger partial charge in [0.2, 0.25) is 5.88 Å². The van der Waals surface area contributed by atoms with Crippen LogP contribution < -0.4 is 15.4 Å². The number of aromatic nitrogens is 2. The third-order valence-corrected chi connectivity index (χ3v) is 3.89. The Morgan fingerprint density at radius 1 is 1.37 bits per heavy atom. The van der Waals surface area contributed by atoms with Crippen LogP contribution in [0.25, 0.3) is 0 Å².